The van der Waals surface area contributed by atoms with Gasteiger partial charge in [0.15, 0.2) is 0 Å². The summed E-state index contributed by atoms with van der Waals surface area (Å²) >= 11 is 4.11. The molecule has 0 radical (unpaired) electrons. The third-order valence-electron chi connectivity index (χ3n) is 5.01. The van der Waals surface area contributed by atoms with Crippen molar-refractivity contribution >= 4 is 36.3 Å². The monoisotopic (exact) mass is 485 g/mol. The van der Waals surface area contributed by atoms with Crippen molar-refractivity contribution in [3.8, 4) is 0 Å². The predicted octanol–water partition coefficient (Wildman–Crippen LogP) is -1.47. The fourth-order valence-corrected chi connectivity index (χ4v) is 3.14. The quantitative estimate of drug-likeness (QED) is 0.108. The standard InChI is InChI=1S/C20H35N7O5S/c1-11(2)16(22)19(30)25-13(5-3-4-6-21)17(28)27-15(9-33)18(29)26-14(20(31)32)7-12-8-23-10-24-12/h8,10-11,13-16,33H,3-7,9,21-22H2,1-2H3,(H,23,24)(H,25,30)(H,26,29)(H,27,28)(H,31,32). The number of imidazole rings is 1. The van der Waals surface area contributed by atoms with E-state index in [0.717, 1.165) is 0 Å². The fourth-order valence-electron chi connectivity index (χ4n) is 2.89. The molecular formula is C20H35N7O5S. The number of hydrogen-bond donors (Lipinski definition) is 8. The van der Waals surface area contributed by atoms with Gasteiger partial charge in [0.2, 0.25) is 17.7 Å². The molecule has 1 aromatic heterocycles. The Morgan fingerprint density at radius 1 is 1.06 bits per heavy atom. The second kappa shape index (κ2) is 14.5. The van der Waals surface area contributed by atoms with E-state index in [9.17, 15) is 24.3 Å². The largest absolute Gasteiger partial charge is 0.480 e. The first-order chi connectivity index (χ1) is 15.6. The van der Waals surface area contributed by atoms with Crippen molar-refractivity contribution in [2.24, 2.45) is 17.4 Å². The smallest absolute Gasteiger partial charge is 0.326 e. The molecule has 0 aliphatic heterocycles. The van der Waals surface area contributed by atoms with E-state index in [-0.39, 0.29) is 18.1 Å². The lowest BCUT2D eigenvalue weighted by Crippen LogP contribution is -2.58. The van der Waals surface area contributed by atoms with Crippen LogP contribution in [0.5, 0.6) is 0 Å². The summed E-state index contributed by atoms with van der Waals surface area (Å²) in [6.45, 7) is 4.01. The molecule has 4 unspecified atom stereocenters. The van der Waals surface area contributed by atoms with Gasteiger partial charge in [-0.05, 0) is 31.7 Å². The van der Waals surface area contributed by atoms with Crippen LogP contribution in [0.1, 0.15) is 38.8 Å². The number of hydrogen-bond acceptors (Lipinski definition) is 8. The molecule has 0 bridgehead atoms. The summed E-state index contributed by atoms with van der Waals surface area (Å²) in [6, 6.07) is -4.07. The Kier molecular flexibility index (Phi) is 12.5. The van der Waals surface area contributed by atoms with Gasteiger partial charge in [0, 0.05) is 24.1 Å². The van der Waals surface area contributed by atoms with Crippen LogP contribution in [0.15, 0.2) is 12.5 Å². The van der Waals surface area contributed by atoms with Crippen LogP contribution >= 0.6 is 12.6 Å². The van der Waals surface area contributed by atoms with Crippen molar-refractivity contribution in [1.82, 2.24) is 25.9 Å². The Morgan fingerprint density at radius 3 is 2.18 bits per heavy atom. The number of unbranched alkanes of at least 4 members (excludes halogenated alkanes) is 1. The number of carbonyl (C=O) groups is 4. The summed E-state index contributed by atoms with van der Waals surface area (Å²) in [5, 5.41) is 17.0. The average molecular weight is 486 g/mol. The first-order valence-electron chi connectivity index (χ1n) is 10.8. The minimum absolute atomic E-state index is 0.0147. The number of aromatic amines is 1. The minimum atomic E-state index is -1.24. The van der Waals surface area contributed by atoms with Crippen LogP contribution < -0.4 is 27.4 Å². The minimum Gasteiger partial charge on any atom is -0.480 e. The Bertz CT molecular complexity index is 775. The fraction of sp³-hybridized carbons (Fsp3) is 0.650. The SMILES string of the molecule is CC(C)C(N)C(=O)NC(CCCCN)C(=O)NC(CS)C(=O)NC(Cc1cnc[nH]1)C(=O)O. The van der Waals surface area contributed by atoms with Crippen molar-refractivity contribution < 1.29 is 24.3 Å². The summed E-state index contributed by atoms with van der Waals surface area (Å²) < 4.78 is 0. The highest BCUT2D eigenvalue weighted by molar-refractivity contribution is 7.80. The van der Waals surface area contributed by atoms with E-state index < -0.39 is 47.9 Å². The zero-order chi connectivity index (χ0) is 25.0. The van der Waals surface area contributed by atoms with Crippen molar-refractivity contribution in [3.05, 3.63) is 18.2 Å². The number of amides is 3. The maximum Gasteiger partial charge on any atom is 0.326 e. The number of nitrogens with zero attached hydrogens (tertiary/aromatic N) is 1. The highest BCUT2D eigenvalue weighted by Gasteiger charge is 2.30. The maximum absolute atomic E-state index is 12.9. The number of aromatic nitrogens is 2. The number of nitrogens with one attached hydrogen (secondary N) is 4. The molecule has 0 aromatic carbocycles. The van der Waals surface area contributed by atoms with Crippen LogP contribution in [0.25, 0.3) is 0 Å². The lowest BCUT2D eigenvalue weighted by molar-refractivity contribution is -0.142. The number of carbonyl (C=O) groups excluding carboxylic acids is 3. The molecule has 3 amide bonds. The Morgan fingerprint density at radius 2 is 1.67 bits per heavy atom. The van der Waals surface area contributed by atoms with Crippen molar-refractivity contribution in [2.45, 2.75) is 63.7 Å². The molecule has 1 rings (SSSR count). The van der Waals surface area contributed by atoms with Gasteiger partial charge in [-0.2, -0.15) is 12.6 Å². The molecule has 12 nitrogen and oxygen atoms in total. The summed E-state index contributed by atoms with van der Waals surface area (Å²) in [7, 11) is 0. The van der Waals surface area contributed by atoms with Crippen LogP contribution in [-0.2, 0) is 25.6 Å². The van der Waals surface area contributed by atoms with Crippen molar-refractivity contribution in [3.63, 3.8) is 0 Å². The zero-order valence-corrected chi connectivity index (χ0v) is 19.8. The molecule has 0 saturated carbocycles. The summed E-state index contributed by atoms with van der Waals surface area (Å²) in [6.07, 6.45) is 4.37. The molecule has 9 N–H and O–H groups in total. The molecule has 33 heavy (non-hydrogen) atoms. The number of carboxylic acid groups (broad SMARTS) is 1. The Balaban J connectivity index is 2.84. The van der Waals surface area contributed by atoms with Gasteiger partial charge in [-0.1, -0.05) is 13.8 Å². The molecule has 0 aliphatic rings. The summed E-state index contributed by atoms with van der Waals surface area (Å²) in [5.41, 5.74) is 11.9. The molecule has 4 atom stereocenters. The van der Waals surface area contributed by atoms with Gasteiger partial charge in [-0.15, -0.1) is 0 Å². The zero-order valence-electron chi connectivity index (χ0n) is 18.9. The van der Waals surface area contributed by atoms with Crippen LogP contribution in [-0.4, -0.2) is 75.2 Å². The first kappa shape index (κ1) is 28.4. The van der Waals surface area contributed by atoms with Gasteiger partial charge in [0.25, 0.3) is 0 Å². The Hall–Kier alpha value is -2.64. The number of aliphatic carboxylic acids is 1. The molecule has 0 saturated heterocycles. The lowest BCUT2D eigenvalue weighted by atomic mass is 10.0. The molecule has 1 aromatic rings. The van der Waals surface area contributed by atoms with Gasteiger partial charge >= 0.3 is 5.97 Å². The van der Waals surface area contributed by atoms with Crippen molar-refractivity contribution in [2.75, 3.05) is 12.3 Å². The normalized spacial score (nSPS) is 14.7. The van der Waals surface area contributed by atoms with E-state index in [2.05, 4.69) is 38.5 Å². The topological polar surface area (TPSA) is 205 Å². The number of rotatable bonds is 15. The van der Waals surface area contributed by atoms with Crippen LogP contribution in [0.3, 0.4) is 0 Å². The van der Waals surface area contributed by atoms with Crippen molar-refractivity contribution in [1.29, 1.82) is 0 Å². The van der Waals surface area contributed by atoms with Gasteiger partial charge in [0.1, 0.15) is 18.1 Å². The first-order valence-corrected chi connectivity index (χ1v) is 11.4. The number of H-pyrrole nitrogens is 1. The van der Waals surface area contributed by atoms with E-state index in [1.54, 1.807) is 13.8 Å². The van der Waals surface area contributed by atoms with Gasteiger partial charge < -0.3 is 37.5 Å². The van der Waals surface area contributed by atoms with Gasteiger partial charge in [-0.3, -0.25) is 14.4 Å². The van der Waals surface area contributed by atoms with Crippen LogP contribution in [0.4, 0.5) is 0 Å². The lowest BCUT2D eigenvalue weighted by Gasteiger charge is -2.25. The number of nitrogens with two attached hydrogens (primary N) is 2. The molecule has 0 spiro atoms. The van der Waals surface area contributed by atoms with E-state index in [1.807, 2.05) is 0 Å². The molecule has 0 aliphatic carbocycles. The van der Waals surface area contributed by atoms with Gasteiger partial charge in [0.05, 0.1) is 12.4 Å². The second-order valence-corrected chi connectivity index (χ2v) is 8.40. The molecular weight excluding hydrogens is 450 g/mol. The summed E-state index contributed by atoms with van der Waals surface area (Å²) in [4.78, 5) is 56.1. The third kappa shape index (κ3) is 9.80. The number of carboxylic acids is 1. The molecule has 0 fully saturated rings. The average Bonchev–Trinajstić information content (AvgIpc) is 3.28. The molecule has 186 valence electrons. The third-order valence-corrected chi connectivity index (χ3v) is 5.38. The highest BCUT2D eigenvalue weighted by Crippen LogP contribution is 2.06. The number of thiol groups is 1. The molecule has 13 heteroatoms. The maximum atomic E-state index is 12.9. The Labute approximate surface area is 198 Å². The van der Waals surface area contributed by atoms with E-state index in [1.165, 1.54) is 12.5 Å². The van der Waals surface area contributed by atoms with E-state index in [4.69, 9.17) is 11.5 Å². The van der Waals surface area contributed by atoms with Gasteiger partial charge in [-0.25, -0.2) is 9.78 Å². The van der Waals surface area contributed by atoms with Crippen LogP contribution in [0.2, 0.25) is 0 Å². The summed E-state index contributed by atoms with van der Waals surface area (Å²) in [5.74, 6) is -3.23. The highest BCUT2D eigenvalue weighted by atomic mass is 32.1. The second-order valence-electron chi connectivity index (χ2n) is 8.04. The van der Waals surface area contributed by atoms with E-state index in [0.29, 0.717) is 31.5 Å². The van der Waals surface area contributed by atoms with Crippen LogP contribution in [0, 0.1) is 5.92 Å². The predicted molar refractivity (Wildman–Crippen MR) is 125 cm³/mol. The molecule has 1 heterocycles. The van der Waals surface area contributed by atoms with E-state index >= 15 is 0 Å².